The number of para-hydroxylation sites is 1. The van der Waals surface area contributed by atoms with Gasteiger partial charge in [-0.15, -0.1) is 0 Å². The maximum atomic E-state index is 14.2. The Morgan fingerprint density at radius 3 is 2.36 bits per heavy atom. The van der Waals surface area contributed by atoms with Gasteiger partial charge in [-0.25, -0.2) is 9.07 Å². The zero-order valence-electron chi connectivity index (χ0n) is 14.8. The first-order valence-corrected chi connectivity index (χ1v) is 8.72. The summed E-state index contributed by atoms with van der Waals surface area (Å²) in [5, 5.41) is 24.8. The lowest BCUT2D eigenvalue weighted by Gasteiger charge is -2.11. The summed E-state index contributed by atoms with van der Waals surface area (Å²) < 4.78 is 15.6. The molecular weight excluding hydrogens is 355 g/mol. The molecule has 0 bridgehead atoms. The smallest absolute Gasteiger partial charge is 0.148 e. The zero-order valence-corrected chi connectivity index (χ0v) is 14.8. The third-order valence-corrected chi connectivity index (χ3v) is 4.40. The number of halogens is 1. The minimum atomic E-state index is -0.421. The lowest BCUT2D eigenvalue weighted by atomic mass is 10.0. The third kappa shape index (κ3) is 3.38. The fourth-order valence-corrected chi connectivity index (χ4v) is 3.01. The van der Waals surface area contributed by atoms with Gasteiger partial charge in [-0.3, -0.25) is 0 Å². The molecule has 0 spiro atoms. The highest BCUT2D eigenvalue weighted by molar-refractivity contribution is 5.79. The highest BCUT2D eigenvalue weighted by Crippen LogP contribution is 2.36. The van der Waals surface area contributed by atoms with Gasteiger partial charge < -0.3 is 10.2 Å². The minimum Gasteiger partial charge on any atom is -0.507 e. The molecule has 0 aliphatic heterocycles. The molecule has 1 heterocycles. The van der Waals surface area contributed by atoms with Crippen LogP contribution in [0.5, 0.6) is 11.5 Å². The van der Waals surface area contributed by atoms with E-state index < -0.39 is 5.82 Å². The van der Waals surface area contributed by atoms with Crippen molar-refractivity contribution in [1.29, 1.82) is 0 Å². The van der Waals surface area contributed by atoms with Gasteiger partial charge in [-0.1, -0.05) is 54.6 Å². The Balaban J connectivity index is 1.79. The lowest BCUT2D eigenvalue weighted by Crippen LogP contribution is -2.01. The number of phenols is 2. The Morgan fingerprint density at radius 2 is 1.57 bits per heavy atom. The maximum absolute atomic E-state index is 14.2. The van der Waals surface area contributed by atoms with Crippen LogP contribution in [0.3, 0.4) is 0 Å². The average molecular weight is 372 g/mol. The summed E-state index contributed by atoms with van der Waals surface area (Å²) in [7, 11) is 0. The van der Waals surface area contributed by atoms with Crippen LogP contribution in [0, 0.1) is 5.82 Å². The molecule has 0 atom stereocenters. The van der Waals surface area contributed by atoms with E-state index in [1.807, 2.05) is 36.4 Å². The molecule has 4 aromatic rings. The number of aromatic hydroxyl groups is 2. The predicted molar refractivity (Wildman–Crippen MR) is 108 cm³/mol. The van der Waals surface area contributed by atoms with E-state index in [1.165, 1.54) is 23.0 Å². The van der Waals surface area contributed by atoms with Gasteiger partial charge in [-0.05, 0) is 29.8 Å². The van der Waals surface area contributed by atoms with Crippen LogP contribution in [0.15, 0.2) is 79.0 Å². The molecule has 0 aliphatic rings. The summed E-state index contributed by atoms with van der Waals surface area (Å²) in [5.41, 5.74) is 2.73. The number of hydrogen-bond acceptors (Lipinski definition) is 3. The minimum absolute atomic E-state index is 0.0506. The van der Waals surface area contributed by atoms with Crippen LogP contribution >= 0.6 is 0 Å². The van der Waals surface area contributed by atoms with Crippen LogP contribution in [0.4, 0.5) is 4.39 Å². The number of aromatic nitrogens is 2. The molecule has 3 aromatic carbocycles. The number of benzene rings is 3. The molecule has 0 saturated heterocycles. The topological polar surface area (TPSA) is 58.3 Å². The highest BCUT2D eigenvalue weighted by atomic mass is 19.1. The average Bonchev–Trinajstić information content (AvgIpc) is 3.18. The van der Waals surface area contributed by atoms with E-state index in [0.717, 1.165) is 5.56 Å². The van der Waals surface area contributed by atoms with Crippen molar-refractivity contribution >= 4 is 12.2 Å². The molecule has 28 heavy (non-hydrogen) atoms. The normalized spacial score (nSPS) is 11.2. The molecule has 4 rings (SSSR count). The Morgan fingerprint density at radius 1 is 0.821 bits per heavy atom. The summed E-state index contributed by atoms with van der Waals surface area (Å²) in [4.78, 5) is 0. The first-order valence-electron chi connectivity index (χ1n) is 8.72. The number of nitrogens with zero attached hydrogens (tertiary/aromatic N) is 2. The largest absolute Gasteiger partial charge is 0.507 e. The second-order valence-corrected chi connectivity index (χ2v) is 6.25. The molecule has 5 heteroatoms. The molecule has 0 radical (unpaired) electrons. The van der Waals surface area contributed by atoms with Crippen LogP contribution in [-0.2, 0) is 0 Å². The zero-order chi connectivity index (χ0) is 19.5. The number of hydrogen-bond donors (Lipinski definition) is 2. The first kappa shape index (κ1) is 17.5. The van der Waals surface area contributed by atoms with E-state index in [2.05, 4.69) is 5.10 Å². The summed E-state index contributed by atoms with van der Waals surface area (Å²) in [5.74, 6) is -0.590. The molecule has 0 saturated carbocycles. The SMILES string of the molecule is Oc1cc(O)c(-c2ccnn2-c2ccccc2F)cc1/C=C/c1ccccc1. The first-order chi connectivity index (χ1) is 13.6. The summed E-state index contributed by atoms with van der Waals surface area (Å²) in [6.45, 7) is 0. The molecule has 0 unspecified atom stereocenters. The molecule has 0 amide bonds. The van der Waals surface area contributed by atoms with E-state index in [-0.39, 0.29) is 17.2 Å². The van der Waals surface area contributed by atoms with E-state index in [0.29, 0.717) is 16.8 Å². The van der Waals surface area contributed by atoms with Gasteiger partial charge in [0.1, 0.15) is 23.0 Å². The predicted octanol–water partition coefficient (Wildman–Crippen LogP) is 5.26. The van der Waals surface area contributed by atoms with Gasteiger partial charge in [0.2, 0.25) is 0 Å². The number of phenolic OH excluding ortho intramolecular Hbond substituents is 2. The molecule has 0 aliphatic carbocycles. The molecule has 0 fully saturated rings. The van der Waals surface area contributed by atoms with Gasteiger partial charge >= 0.3 is 0 Å². The van der Waals surface area contributed by atoms with Crippen molar-refractivity contribution in [3.8, 4) is 28.4 Å². The van der Waals surface area contributed by atoms with E-state index in [4.69, 9.17) is 0 Å². The van der Waals surface area contributed by atoms with Gasteiger partial charge in [0.15, 0.2) is 0 Å². The third-order valence-electron chi connectivity index (χ3n) is 4.40. The van der Waals surface area contributed by atoms with Crippen LogP contribution in [0.2, 0.25) is 0 Å². The standard InChI is InChI=1S/C23H17FN2O2/c24-19-8-4-5-9-21(19)26-20(12-13-25-26)18-14-17(22(27)15-23(18)28)11-10-16-6-2-1-3-7-16/h1-15,27-28H/b11-10+. The van der Waals surface area contributed by atoms with Gasteiger partial charge in [-0.2, -0.15) is 5.10 Å². The summed E-state index contributed by atoms with van der Waals surface area (Å²) in [6, 6.07) is 20.6. The van der Waals surface area contributed by atoms with Crippen molar-refractivity contribution in [2.45, 2.75) is 0 Å². The van der Waals surface area contributed by atoms with Gasteiger partial charge in [0.05, 0.1) is 11.9 Å². The summed E-state index contributed by atoms with van der Waals surface area (Å²) in [6.07, 6.45) is 5.16. The van der Waals surface area contributed by atoms with Crippen molar-refractivity contribution < 1.29 is 14.6 Å². The van der Waals surface area contributed by atoms with E-state index in [1.54, 1.807) is 36.4 Å². The van der Waals surface area contributed by atoms with Crippen LogP contribution < -0.4 is 0 Å². The monoisotopic (exact) mass is 372 g/mol. The Hall–Kier alpha value is -3.86. The van der Waals surface area contributed by atoms with Crippen LogP contribution in [0.1, 0.15) is 11.1 Å². The molecular formula is C23H17FN2O2. The quantitative estimate of drug-likeness (QED) is 0.481. The molecule has 2 N–H and O–H groups in total. The molecule has 4 nitrogen and oxygen atoms in total. The van der Waals surface area contributed by atoms with E-state index in [9.17, 15) is 14.6 Å². The fraction of sp³-hybridized carbons (Fsp3) is 0. The summed E-state index contributed by atoms with van der Waals surface area (Å²) >= 11 is 0. The Bertz CT molecular complexity index is 1150. The molecule has 138 valence electrons. The Labute approximate surface area is 161 Å². The van der Waals surface area contributed by atoms with Crippen molar-refractivity contribution in [2.75, 3.05) is 0 Å². The fourth-order valence-electron chi connectivity index (χ4n) is 3.01. The maximum Gasteiger partial charge on any atom is 0.148 e. The van der Waals surface area contributed by atoms with Crippen molar-refractivity contribution in [3.05, 3.63) is 95.9 Å². The Kier molecular flexibility index (Phi) is 4.64. The van der Waals surface area contributed by atoms with Crippen LogP contribution in [-0.4, -0.2) is 20.0 Å². The molecule has 1 aromatic heterocycles. The van der Waals surface area contributed by atoms with Gasteiger partial charge in [0.25, 0.3) is 0 Å². The van der Waals surface area contributed by atoms with E-state index >= 15 is 0 Å². The highest BCUT2D eigenvalue weighted by Gasteiger charge is 2.16. The van der Waals surface area contributed by atoms with Crippen molar-refractivity contribution in [2.24, 2.45) is 0 Å². The van der Waals surface area contributed by atoms with Gasteiger partial charge in [0, 0.05) is 17.2 Å². The van der Waals surface area contributed by atoms with Crippen molar-refractivity contribution in [1.82, 2.24) is 9.78 Å². The lowest BCUT2D eigenvalue weighted by molar-refractivity contribution is 0.451. The second kappa shape index (κ2) is 7.40. The van der Waals surface area contributed by atoms with Crippen LogP contribution in [0.25, 0.3) is 29.1 Å². The van der Waals surface area contributed by atoms with Crippen molar-refractivity contribution in [3.63, 3.8) is 0 Å². The number of rotatable bonds is 4. The second-order valence-electron chi connectivity index (χ2n) is 6.25.